The minimum Gasteiger partial charge on any atom is -0.314 e. The van der Waals surface area contributed by atoms with E-state index < -0.39 is 0 Å². The fourth-order valence-electron chi connectivity index (χ4n) is 2.47. The average Bonchev–Trinajstić information content (AvgIpc) is 2.39. The van der Waals surface area contributed by atoms with Crippen molar-refractivity contribution in [1.82, 2.24) is 10.2 Å². The quantitative estimate of drug-likeness (QED) is 0.637. The molecular weight excluding hydrogens is 220 g/mol. The van der Waals surface area contributed by atoms with Gasteiger partial charge in [-0.1, -0.05) is 41.5 Å². The lowest BCUT2D eigenvalue weighted by atomic mass is 9.81. The molecular formula is C16H36N2. The van der Waals surface area contributed by atoms with Gasteiger partial charge in [0.05, 0.1) is 0 Å². The Balaban J connectivity index is 4.65. The minimum atomic E-state index is 0.434. The smallest absolute Gasteiger partial charge is 0.00644 e. The van der Waals surface area contributed by atoms with Crippen molar-refractivity contribution in [2.45, 2.75) is 79.8 Å². The van der Waals surface area contributed by atoms with Gasteiger partial charge < -0.3 is 10.2 Å². The zero-order valence-electron chi connectivity index (χ0n) is 13.8. The van der Waals surface area contributed by atoms with E-state index in [2.05, 4.69) is 58.7 Å². The minimum absolute atomic E-state index is 0.434. The van der Waals surface area contributed by atoms with Crippen molar-refractivity contribution in [3.05, 3.63) is 0 Å². The van der Waals surface area contributed by atoms with Gasteiger partial charge in [0.15, 0.2) is 0 Å². The van der Waals surface area contributed by atoms with Crippen molar-refractivity contribution in [3.8, 4) is 0 Å². The monoisotopic (exact) mass is 256 g/mol. The van der Waals surface area contributed by atoms with E-state index in [1.807, 2.05) is 0 Å². The van der Waals surface area contributed by atoms with Crippen LogP contribution in [0.1, 0.15) is 67.7 Å². The van der Waals surface area contributed by atoms with Crippen LogP contribution in [0.25, 0.3) is 0 Å². The predicted octanol–water partition coefficient (Wildman–Crippen LogP) is 3.91. The number of hydrogen-bond acceptors (Lipinski definition) is 2. The summed E-state index contributed by atoms with van der Waals surface area (Å²) < 4.78 is 0. The third-order valence-corrected chi connectivity index (χ3v) is 4.54. The molecule has 2 heteroatoms. The number of nitrogens with zero attached hydrogens (tertiary/aromatic N) is 1. The van der Waals surface area contributed by atoms with Crippen LogP contribution < -0.4 is 5.32 Å². The van der Waals surface area contributed by atoms with Crippen molar-refractivity contribution in [2.24, 2.45) is 5.41 Å². The summed E-state index contributed by atoms with van der Waals surface area (Å²) in [6.45, 7) is 19.6. The lowest BCUT2D eigenvalue weighted by molar-refractivity contribution is 0.105. The Morgan fingerprint density at radius 2 is 1.56 bits per heavy atom. The number of rotatable bonds is 10. The highest BCUT2D eigenvalue weighted by molar-refractivity contribution is 4.84. The first-order valence-electron chi connectivity index (χ1n) is 7.92. The van der Waals surface area contributed by atoms with Gasteiger partial charge in [0.2, 0.25) is 0 Å². The van der Waals surface area contributed by atoms with Gasteiger partial charge in [-0.15, -0.1) is 0 Å². The fraction of sp³-hybridized carbons (Fsp3) is 1.00. The van der Waals surface area contributed by atoms with E-state index in [1.54, 1.807) is 0 Å². The van der Waals surface area contributed by atoms with Crippen molar-refractivity contribution < 1.29 is 0 Å². The van der Waals surface area contributed by atoms with E-state index in [4.69, 9.17) is 0 Å². The second-order valence-corrected chi connectivity index (χ2v) is 6.06. The van der Waals surface area contributed by atoms with Crippen molar-refractivity contribution in [3.63, 3.8) is 0 Å². The van der Waals surface area contributed by atoms with E-state index >= 15 is 0 Å². The first-order valence-corrected chi connectivity index (χ1v) is 7.92. The van der Waals surface area contributed by atoms with Crippen LogP contribution in [0.2, 0.25) is 0 Å². The van der Waals surface area contributed by atoms with Gasteiger partial charge in [0.1, 0.15) is 0 Å². The molecule has 0 rings (SSSR count). The normalized spacial score (nSPS) is 14.5. The van der Waals surface area contributed by atoms with E-state index in [-0.39, 0.29) is 0 Å². The summed E-state index contributed by atoms with van der Waals surface area (Å²) in [6, 6.07) is 1.28. The molecule has 0 aromatic heterocycles. The Morgan fingerprint density at radius 1 is 1.00 bits per heavy atom. The fourth-order valence-corrected chi connectivity index (χ4v) is 2.47. The molecule has 0 spiro atoms. The average molecular weight is 256 g/mol. The molecule has 0 heterocycles. The Kier molecular flexibility index (Phi) is 8.89. The van der Waals surface area contributed by atoms with Gasteiger partial charge in [0, 0.05) is 25.2 Å². The molecule has 0 saturated heterocycles. The number of nitrogens with one attached hydrogen (secondary N) is 1. The van der Waals surface area contributed by atoms with Gasteiger partial charge in [-0.3, -0.25) is 0 Å². The van der Waals surface area contributed by atoms with Crippen molar-refractivity contribution in [1.29, 1.82) is 0 Å². The van der Waals surface area contributed by atoms with Crippen LogP contribution in [-0.4, -0.2) is 36.6 Å². The van der Waals surface area contributed by atoms with Gasteiger partial charge >= 0.3 is 0 Å². The largest absolute Gasteiger partial charge is 0.314 e. The van der Waals surface area contributed by atoms with Crippen LogP contribution in [0.5, 0.6) is 0 Å². The lowest BCUT2D eigenvalue weighted by Gasteiger charge is -2.40. The molecule has 2 nitrogen and oxygen atoms in total. The maximum Gasteiger partial charge on any atom is 0.00644 e. The summed E-state index contributed by atoms with van der Waals surface area (Å²) in [5.74, 6) is 0. The van der Waals surface area contributed by atoms with E-state index in [0.717, 1.165) is 6.54 Å². The summed E-state index contributed by atoms with van der Waals surface area (Å²) in [6.07, 6.45) is 3.77. The molecule has 0 aliphatic carbocycles. The van der Waals surface area contributed by atoms with Crippen LogP contribution in [0, 0.1) is 5.41 Å². The third kappa shape index (κ3) is 5.71. The van der Waals surface area contributed by atoms with Crippen LogP contribution >= 0.6 is 0 Å². The molecule has 0 amide bonds. The molecule has 0 bridgehead atoms. The molecule has 0 fully saturated rings. The van der Waals surface area contributed by atoms with Crippen molar-refractivity contribution in [2.75, 3.05) is 19.6 Å². The molecule has 0 aliphatic rings. The first-order chi connectivity index (χ1) is 8.44. The second kappa shape index (κ2) is 8.92. The van der Waals surface area contributed by atoms with Gasteiger partial charge in [-0.2, -0.15) is 0 Å². The third-order valence-electron chi connectivity index (χ3n) is 4.54. The number of hydrogen-bond donors (Lipinski definition) is 1. The molecule has 18 heavy (non-hydrogen) atoms. The van der Waals surface area contributed by atoms with Crippen LogP contribution in [0.15, 0.2) is 0 Å². The molecule has 110 valence electrons. The summed E-state index contributed by atoms with van der Waals surface area (Å²) in [4.78, 5) is 2.65. The molecule has 1 unspecified atom stereocenters. The second-order valence-electron chi connectivity index (χ2n) is 6.06. The van der Waals surface area contributed by atoms with Gasteiger partial charge in [-0.05, 0) is 38.1 Å². The summed E-state index contributed by atoms with van der Waals surface area (Å²) in [7, 11) is 0. The van der Waals surface area contributed by atoms with E-state index in [1.165, 1.54) is 32.4 Å². The zero-order valence-corrected chi connectivity index (χ0v) is 13.8. The Morgan fingerprint density at radius 3 is 1.89 bits per heavy atom. The van der Waals surface area contributed by atoms with E-state index in [9.17, 15) is 0 Å². The summed E-state index contributed by atoms with van der Waals surface area (Å²) in [5.41, 5.74) is 0.434. The van der Waals surface area contributed by atoms with Crippen LogP contribution in [-0.2, 0) is 0 Å². The molecule has 0 aliphatic heterocycles. The lowest BCUT2D eigenvalue weighted by Crippen LogP contribution is -2.47. The molecule has 0 saturated carbocycles. The standard InChI is InChI=1S/C16H36N2/c1-8-15(7)18(11-4)13-16(9-2,10-3)12-17-14(5)6/h14-15,17H,8-13H2,1-7H3. The maximum atomic E-state index is 3.65. The highest BCUT2D eigenvalue weighted by Crippen LogP contribution is 2.28. The molecule has 1 N–H and O–H groups in total. The SMILES string of the molecule is CCC(C)N(CC)CC(CC)(CC)CNC(C)C. The molecule has 0 aromatic rings. The Hall–Kier alpha value is -0.0800. The maximum absolute atomic E-state index is 3.65. The molecule has 0 aromatic carbocycles. The predicted molar refractivity (Wildman–Crippen MR) is 83.2 cm³/mol. The molecule has 0 radical (unpaired) electrons. The highest BCUT2D eigenvalue weighted by atomic mass is 15.2. The highest BCUT2D eigenvalue weighted by Gasteiger charge is 2.29. The Bertz CT molecular complexity index is 197. The van der Waals surface area contributed by atoms with Crippen molar-refractivity contribution >= 4 is 0 Å². The van der Waals surface area contributed by atoms with E-state index in [0.29, 0.717) is 17.5 Å². The summed E-state index contributed by atoms with van der Waals surface area (Å²) in [5, 5.41) is 3.65. The van der Waals surface area contributed by atoms with Gasteiger partial charge in [-0.25, -0.2) is 0 Å². The summed E-state index contributed by atoms with van der Waals surface area (Å²) >= 11 is 0. The first kappa shape index (κ1) is 17.9. The Labute approximate surface area is 116 Å². The van der Waals surface area contributed by atoms with Gasteiger partial charge in [0.25, 0.3) is 0 Å². The van der Waals surface area contributed by atoms with Crippen LogP contribution in [0.3, 0.4) is 0 Å². The van der Waals surface area contributed by atoms with Crippen LogP contribution in [0.4, 0.5) is 0 Å². The topological polar surface area (TPSA) is 15.3 Å². The molecule has 1 atom stereocenters. The zero-order chi connectivity index (χ0) is 14.2.